The predicted octanol–water partition coefficient (Wildman–Crippen LogP) is 4.98. The molecule has 0 saturated heterocycles. The fraction of sp³-hybridized carbons (Fsp3) is 0.333. The largest absolute Gasteiger partial charge is 0.381 e. The minimum Gasteiger partial charge on any atom is -0.381 e. The Labute approximate surface area is 116 Å². The van der Waals surface area contributed by atoms with Crippen molar-refractivity contribution in [3.8, 4) is 0 Å². The van der Waals surface area contributed by atoms with Crippen LogP contribution in [-0.2, 0) is 13.0 Å². The van der Waals surface area contributed by atoms with Crippen LogP contribution in [0.25, 0.3) is 0 Å². The lowest BCUT2D eigenvalue weighted by Crippen LogP contribution is -2.02. The number of rotatable bonds is 5. The number of aryl methyl sites for hydroxylation is 1. The molecule has 0 unspecified atom stereocenters. The van der Waals surface area contributed by atoms with Crippen LogP contribution >= 0.6 is 0 Å². The lowest BCUT2D eigenvalue weighted by Gasteiger charge is -2.11. The van der Waals surface area contributed by atoms with E-state index in [1.54, 1.807) is 0 Å². The Bertz CT molecular complexity index is 511. The quantitative estimate of drug-likeness (QED) is 0.792. The number of anilines is 1. The molecule has 0 spiro atoms. The Morgan fingerprint density at radius 1 is 0.895 bits per heavy atom. The van der Waals surface area contributed by atoms with E-state index in [2.05, 4.69) is 74.6 Å². The van der Waals surface area contributed by atoms with Crippen LogP contribution in [0, 0.1) is 0 Å². The third-order valence-electron chi connectivity index (χ3n) is 3.56. The van der Waals surface area contributed by atoms with Gasteiger partial charge in [0.15, 0.2) is 0 Å². The molecule has 1 N–H and O–H groups in total. The molecule has 0 heterocycles. The van der Waals surface area contributed by atoms with Crippen molar-refractivity contribution in [2.45, 2.75) is 39.7 Å². The molecule has 0 atom stereocenters. The summed E-state index contributed by atoms with van der Waals surface area (Å²) in [5.74, 6) is 0.592. The zero-order valence-corrected chi connectivity index (χ0v) is 12.1. The number of nitrogens with one attached hydrogen (secondary N) is 1. The number of hydrogen-bond donors (Lipinski definition) is 1. The highest BCUT2D eigenvalue weighted by atomic mass is 14.9. The van der Waals surface area contributed by atoms with Crippen molar-refractivity contribution in [1.82, 2.24) is 0 Å². The Hall–Kier alpha value is -1.76. The molecule has 0 fully saturated rings. The van der Waals surface area contributed by atoms with Gasteiger partial charge in [-0.3, -0.25) is 0 Å². The predicted molar refractivity (Wildman–Crippen MR) is 83.7 cm³/mol. The maximum atomic E-state index is 3.50. The van der Waals surface area contributed by atoms with Crippen molar-refractivity contribution in [1.29, 1.82) is 0 Å². The smallest absolute Gasteiger partial charge is 0.0403 e. The maximum Gasteiger partial charge on any atom is 0.0403 e. The van der Waals surface area contributed by atoms with Gasteiger partial charge in [-0.1, -0.05) is 57.2 Å². The first-order chi connectivity index (χ1) is 9.20. The van der Waals surface area contributed by atoms with Gasteiger partial charge in [0.05, 0.1) is 0 Å². The van der Waals surface area contributed by atoms with Crippen molar-refractivity contribution < 1.29 is 0 Å². The van der Waals surface area contributed by atoms with E-state index < -0.39 is 0 Å². The molecule has 2 aromatic rings. The van der Waals surface area contributed by atoms with Crippen LogP contribution in [0.15, 0.2) is 48.5 Å². The van der Waals surface area contributed by atoms with Crippen LogP contribution in [0.2, 0.25) is 0 Å². The van der Waals surface area contributed by atoms with E-state index in [0.29, 0.717) is 5.92 Å². The molecular weight excluding hydrogens is 230 g/mol. The lowest BCUT2D eigenvalue weighted by molar-refractivity contribution is 0.866. The first kappa shape index (κ1) is 13.7. The molecule has 1 nitrogen and oxygen atoms in total. The molecular formula is C18H23N. The van der Waals surface area contributed by atoms with Crippen molar-refractivity contribution >= 4 is 5.69 Å². The number of benzene rings is 2. The van der Waals surface area contributed by atoms with Crippen LogP contribution in [0.5, 0.6) is 0 Å². The maximum absolute atomic E-state index is 3.50. The van der Waals surface area contributed by atoms with Gasteiger partial charge in [-0.05, 0) is 41.2 Å². The second-order valence-electron chi connectivity index (χ2n) is 5.25. The lowest BCUT2D eigenvalue weighted by atomic mass is 10.0. The first-order valence-electron chi connectivity index (χ1n) is 7.11. The Morgan fingerprint density at radius 3 is 2.11 bits per heavy atom. The summed E-state index contributed by atoms with van der Waals surface area (Å²) in [6.45, 7) is 7.54. The summed E-state index contributed by atoms with van der Waals surface area (Å²) < 4.78 is 0. The van der Waals surface area contributed by atoms with Crippen molar-refractivity contribution in [3.05, 3.63) is 65.2 Å². The van der Waals surface area contributed by atoms with Gasteiger partial charge in [-0.15, -0.1) is 0 Å². The van der Waals surface area contributed by atoms with Crippen molar-refractivity contribution in [2.75, 3.05) is 5.32 Å². The van der Waals surface area contributed by atoms with Gasteiger partial charge in [0.2, 0.25) is 0 Å². The van der Waals surface area contributed by atoms with Crippen LogP contribution in [0.1, 0.15) is 43.4 Å². The summed E-state index contributed by atoms with van der Waals surface area (Å²) in [5.41, 5.74) is 5.39. The van der Waals surface area contributed by atoms with Gasteiger partial charge in [-0.25, -0.2) is 0 Å². The third-order valence-corrected chi connectivity index (χ3v) is 3.56. The fourth-order valence-corrected chi connectivity index (χ4v) is 2.26. The Balaban J connectivity index is 2.02. The van der Waals surface area contributed by atoms with E-state index in [0.717, 1.165) is 13.0 Å². The summed E-state index contributed by atoms with van der Waals surface area (Å²) in [6.07, 6.45) is 1.09. The molecule has 0 aromatic heterocycles. The van der Waals surface area contributed by atoms with Gasteiger partial charge >= 0.3 is 0 Å². The Kier molecular flexibility index (Phi) is 4.62. The van der Waals surface area contributed by atoms with Gasteiger partial charge in [0.25, 0.3) is 0 Å². The highest BCUT2D eigenvalue weighted by Gasteiger charge is 2.01. The minimum absolute atomic E-state index is 0.592. The third kappa shape index (κ3) is 3.60. The molecule has 0 saturated carbocycles. The summed E-state index contributed by atoms with van der Waals surface area (Å²) in [4.78, 5) is 0. The second kappa shape index (κ2) is 6.42. The summed E-state index contributed by atoms with van der Waals surface area (Å²) in [5, 5.41) is 3.50. The molecule has 0 aliphatic heterocycles. The highest BCUT2D eigenvalue weighted by Crippen LogP contribution is 2.18. The zero-order chi connectivity index (χ0) is 13.7. The molecule has 0 aliphatic rings. The minimum atomic E-state index is 0.592. The van der Waals surface area contributed by atoms with E-state index >= 15 is 0 Å². The van der Waals surface area contributed by atoms with Crippen LogP contribution in [-0.4, -0.2) is 0 Å². The average molecular weight is 253 g/mol. The highest BCUT2D eigenvalue weighted by molar-refractivity contribution is 5.46. The van der Waals surface area contributed by atoms with E-state index in [9.17, 15) is 0 Å². The van der Waals surface area contributed by atoms with Crippen molar-refractivity contribution in [3.63, 3.8) is 0 Å². The molecule has 2 rings (SSSR count). The summed E-state index contributed by atoms with van der Waals surface area (Å²) in [6, 6.07) is 17.4. The molecule has 0 aliphatic carbocycles. The van der Waals surface area contributed by atoms with E-state index in [4.69, 9.17) is 0 Å². The monoisotopic (exact) mass is 253 g/mol. The van der Waals surface area contributed by atoms with Gasteiger partial charge in [-0.2, -0.15) is 0 Å². The normalized spacial score (nSPS) is 10.7. The van der Waals surface area contributed by atoms with E-state index in [-0.39, 0.29) is 0 Å². The van der Waals surface area contributed by atoms with Crippen LogP contribution in [0.4, 0.5) is 5.69 Å². The molecule has 1 heteroatoms. The summed E-state index contributed by atoms with van der Waals surface area (Å²) >= 11 is 0. The van der Waals surface area contributed by atoms with Gasteiger partial charge in [0.1, 0.15) is 0 Å². The molecule has 0 amide bonds. The van der Waals surface area contributed by atoms with Crippen molar-refractivity contribution in [2.24, 2.45) is 0 Å². The number of hydrogen-bond acceptors (Lipinski definition) is 1. The topological polar surface area (TPSA) is 12.0 Å². The molecule has 19 heavy (non-hydrogen) atoms. The van der Waals surface area contributed by atoms with Gasteiger partial charge < -0.3 is 5.32 Å². The van der Waals surface area contributed by atoms with Crippen LogP contribution < -0.4 is 5.32 Å². The first-order valence-corrected chi connectivity index (χ1v) is 7.11. The van der Waals surface area contributed by atoms with Crippen LogP contribution in [0.3, 0.4) is 0 Å². The average Bonchev–Trinajstić information content (AvgIpc) is 2.45. The van der Waals surface area contributed by atoms with E-state index in [1.165, 1.54) is 22.4 Å². The fourth-order valence-electron chi connectivity index (χ4n) is 2.26. The molecule has 0 radical (unpaired) electrons. The molecule has 100 valence electrons. The summed E-state index contributed by atoms with van der Waals surface area (Å²) in [7, 11) is 0. The Morgan fingerprint density at radius 2 is 1.53 bits per heavy atom. The zero-order valence-electron chi connectivity index (χ0n) is 12.1. The van der Waals surface area contributed by atoms with E-state index in [1.807, 2.05) is 0 Å². The SMILES string of the molecule is CCc1ccccc1CNc1ccc(C(C)C)cc1. The molecule has 0 bridgehead atoms. The second-order valence-corrected chi connectivity index (χ2v) is 5.25. The molecule has 2 aromatic carbocycles. The standard InChI is InChI=1S/C18H23N/c1-4-15-7-5-6-8-17(15)13-19-18-11-9-16(10-12-18)14(2)3/h5-12,14,19H,4,13H2,1-3H3. The van der Waals surface area contributed by atoms with Gasteiger partial charge in [0, 0.05) is 12.2 Å².